The Bertz CT molecular complexity index is 495. The second-order valence-corrected chi connectivity index (χ2v) is 6.16. The van der Waals surface area contributed by atoms with Gasteiger partial charge < -0.3 is 19.9 Å². The number of hydrogen-bond acceptors (Lipinski definition) is 5. The number of esters is 1. The van der Waals surface area contributed by atoms with Crippen LogP contribution in [-0.2, 0) is 20.9 Å². The monoisotopic (exact) mass is 323 g/mol. The summed E-state index contributed by atoms with van der Waals surface area (Å²) in [7, 11) is 0. The summed E-state index contributed by atoms with van der Waals surface area (Å²) in [6.45, 7) is 5.28. The number of aliphatic hydroxyl groups excluding tert-OH is 1. The lowest BCUT2D eigenvalue weighted by molar-refractivity contribution is -0.147. The number of rotatable bonds is 7. The molecule has 0 heterocycles. The molecule has 0 fully saturated rings. The number of aliphatic hydroxyl groups is 1. The maximum Gasteiger partial charge on any atom is 0.408 e. The first-order valence-corrected chi connectivity index (χ1v) is 7.63. The minimum absolute atomic E-state index is 0.0710. The Hall–Kier alpha value is -2.08. The molecule has 6 nitrogen and oxygen atoms in total. The molecule has 1 aromatic carbocycles. The van der Waals surface area contributed by atoms with Crippen LogP contribution in [0.5, 0.6) is 0 Å². The lowest BCUT2D eigenvalue weighted by Crippen LogP contribution is -2.44. The Kier molecular flexibility index (Phi) is 7.54. The zero-order chi connectivity index (χ0) is 17.3. The van der Waals surface area contributed by atoms with Gasteiger partial charge in [-0.1, -0.05) is 30.3 Å². The van der Waals surface area contributed by atoms with Crippen molar-refractivity contribution in [2.75, 3.05) is 6.61 Å². The van der Waals surface area contributed by atoms with Crippen molar-refractivity contribution in [1.82, 2.24) is 5.32 Å². The van der Waals surface area contributed by atoms with Crippen molar-refractivity contribution in [3.8, 4) is 0 Å². The molecule has 0 aromatic heterocycles. The van der Waals surface area contributed by atoms with E-state index in [1.807, 2.05) is 30.3 Å². The summed E-state index contributed by atoms with van der Waals surface area (Å²) >= 11 is 0. The van der Waals surface area contributed by atoms with Gasteiger partial charge in [0.05, 0.1) is 0 Å². The van der Waals surface area contributed by atoms with Crippen molar-refractivity contribution >= 4 is 12.1 Å². The van der Waals surface area contributed by atoms with E-state index in [1.54, 1.807) is 20.8 Å². The molecule has 1 amide bonds. The standard InChI is InChI=1S/C17H25NO5/c1-17(2,3)23-16(21)18-14(10-7-11-19)15(20)22-12-13-8-5-4-6-9-13/h4-6,8-9,14,19H,7,10-12H2,1-3H3,(H,18,21)/t14-/m1/s1. The van der Waals surface area contributed by atoms with Crippen molar-refractivity contribution < 1.29 is 24.2 Å². The number of nitrogens with one attached hydrogen (secondary N) is 1. The molecule has 6 heteroatoms. The molecule has 2 N–H and O–H groups in total. The van der Waals surface area contributed by atoms with Gasteiger partial charge in [0.25, 0.3) is 0 Å². The smallest absolute Gasteiger partial charge is 0.408 e. The molecular weight excluding hydrogens is 298 g/mol. The van der Waals surface area contributed by atoms with Gasteiger partial charge in [0.1, 0.15) is 18.2 Å². The molecule has 0 bridgehead atoms. The van der Waals surface area contributed by atoms with E-state index in [0.717, 1.165) is 5.56 Å². The van der Waals surface area contributed by atoms with E-state index in [4.69, 9.17) is 14.6 Å². The van der Waals surface area contributed by atoms with E-state index in [-0.39, 0.29) is 19.6 Å². The Morgan fingerprint density at radius 2 is 1.87 bits per heavy atom. The van der Waals surface area contributed by atoms with E-state index in [9.17, 15) is 9.59 Å². The minimum Gasteiger partial charge on any atom is -0.459 e. The van der Waals surface area contributed by atoms with E-state index < -0.39 is 23.7 Å². The van der Waals surface area contributed by atoms with E-state index in [1.165, 1.54) is 0 Å². The highest BCUT2D eigenvalue weighted by atomic mass is 16.6. The van der Waals surface area contributed by atoms with Gasteiger partial charge in [-0.2, -0.15) is 0 Å². The third-order valence-electron chi connectivity index (χ3n) is 2.85. The number of benzene rings is 1. The number of carbonyl (C=O) groups excluding carboxylic acids is 2. The number of ether oxygens (including phenoxy) is 2. The van der Waals surface area contributed by atoms with Crippen LogP contribution in [-0.4, -0.2) is 35.4 Å². The molecule has 0 saturated heterocycles. The van der Waals surface area contributed by atoms with Crippen molar-refractivity contribution in [1.29, 1.82) is 0 Å². The zero-order valence-corrected chi connectivity index (χ0v) is 13.9. The quantitative estimate of drug-likeness (QED) is 0.753. The first-order valence-electron chi connectivity index (χ1n) is 7.63. The van der Waals surface area contributed by atoms with Crippen LogP contribution in [0, 0.1) is 0 Å². The van der Waals surface area contributed by atoms with Gasteiger partial charge in [-0.3, -0.25) is 0 Å². The van der Waals surface area contributed by atoms with Crippen LogP contribution >= 0.6 is 0 Å². The van der Waals surface area contributed by atoms with Gasteiger partial charge in [0.15, 0.2) is 0 Å². The number of alkyl carbamates (subject to hydrolysis) is 1. The van der Waals surface area contributed by atoms with Gasteiger partial charge in [0, 0.05) is 6.61 Å². The third kappa shape index (κ3) is 8.21. The summed E-state index contributed by atoms with van der Waals surface area (Å²) in [5.41, 5.74) is 0.207. The Morgan fingerprint density at radius 3 is 2.43 bits per heavy atom. The second kappa shape index (κ2) is 9.15. The Balaban J connectivity index is 2.57. The highest BCUT2D eigenvalue weighted by Crippen LogP contribution is 2.09. The summed E-state index contributed by atoms with van der Waals surface area (Å²) in [5.74, 6) is -0.548. The van der Waals surface area contributed by atoms with E-state index in [2.05, 4.69) is 5.32 Å². The number of carbonyl (C=O) groups is 2. The number of hydrogen-bond donors (Lipinski definition) is 2. The molecule has 128 valence electrons. The summed E-state index contributed by atoms with van der Waals surface area (Å²) < 4.78 is 10.4. The van der Waals surface area contributed by atoms with Crippen LogP contribution in [0.1, 0.15) is 39.2 Å². The lowest BCUT2D eigenvalue weighted by Gasteiger charge is -2.22. The molecule has 0 spiro atoms. The first kappa shape index (κ1) is 19.0. The first-order chi connectivity index (χ1) is 10.8. The van der Waals surface area contributed by atoms with Crippen LogP contribution in [0.4, 0.5) is 4.79 Å². The van der Waals surface area contributed by atoms with Crippen LogP contribution in [0.2, 0.25) is 0 Å². The molecule has 0 aliphatic carbocycles. The van der Waals surface area contributed by atoms with Crippen LogP contribution in [0.3, 0.4) is 0 Å². The van der Waals surface area contributed by atoms with Gasteiger partial charge >= 0.3 is 12.1 Å². The summed E-state index contributed by atoms with van der Waals surface area (Å²) in [4.78, 5) is 24.0. The summed E-state index contributed by atoms with van der Waals surface area (Å²) in [6, 6.07) is 8.42. The molecule has 1 aromatic rings. The van der Waals surface area contributed by atoms with E-state index >= 15 is 0 Å². The van der Waals surface area contributed by atoms with Crippen LogP contribution in [0.15, 0.2) is 30.3 Å². The summed E-state index contributed by atoms with van der Waals surface area (Å²) in [6.07, 6.45) is -0.0262. The van der Waals surface area contributed by atoms with Gasteiger partial charge in [0.2, 0.25) is 0 Å². The van der Waals surface area contributed by atoms with Gasteiger partial charge in [-0.15, -0.1) is 0 Å². The molecule has 0 radical (unpaired) electrons. The number of amides is 1. The van der Waals surface area contributed by atoms with Crippen molar-refractivity contribution in [2.24, 2.45) is 0 Å². The fourth-order valence-electron chi connectivity index (χ4n) is 1.82. The third-order valence-corrected chi connectivity index (χ3v) is 2.85. The highest BCUT2D eigenvalue weighted by molar-refractivity contribution is 5.81. The van der Waals surface area contributed by atoms with Crippen LogP contribution < -0.4 is 5.32 Å². The fraction of sp³-hybridized carbons (Fsp3) is 0.529. The maximum absolute atomic E-state index is 12.1. The largest absolute Gasteiger partial charge is 0.459 e. The molecular formula is C17H25NO5. The van der Waals surface area contributed by atoms with Crippen molar-refractivity contribution in [3.63, 3.8) is 0 Å². The average molecular weight is 323 g/mol. The van der Waals surface area contributed by atoms with Crippen LogP contribution in [0.25, 0.3) is 0 Å². The Labute approximate surface area is 136 Å². The molecule has 1 atom stereocenters. The normalized spacial score (nSPS) is 12.3. The van der Waals surface area contributed by atoms with Crippen molar-refractivity contribution in [3.05, 3.63) is 35.9 Å². The van der Waals surface area contributed by atoms with Gasteiger partial charge in [-0.25, -0.2) is 9.59 Å². The minimum atomic E-state index is -0.847. The second-order valence-electron chi connectivity index (χ2n) is 6.16. The predicted octanol–water partition coefficient (Wildman–Crippen LogP) is 2.40. The summed E-state index contributed by atoms with van der Waals surface area (Å²) in [5, 5.41) is 11.4. The zero-order valence-electron chi connectivity index (χ0n) is 13.9. The van der Waals surface area contributed by atoms with E-state index in [0.29, 0.717) is 6.42 Å². The SMILES string of the molecule is CC(C)(C)OC(=O)N[C@H](CCCO)C(=O)OCc1ccccc1. The maximum atomic E-state index is 12.1. The molecule has 0 aliphatic rings. The lowest BCUT2D eigenvalue weighted by atomic mass is 10.1. The highest BCUT2D eigenvalue weighted by Gasteiger charge is 2.25. The average Bonchev–Trinajstić information content (AvgIpc) is 2.48. The van der Waals surface area contributed by atoms with Gasteiger partial charge in [-0.05, 0) is 39.2 Å². The molecule has 0 aliphatic heterocycles. The molecule has 23 heavy (non-hydrogen) atoms. The van der Waals surface area contributed by atoms with Crippen molar-refractivity contribution in [2.45, 2.75) is 51.9 Å². The predicted molar refractivity (Wildman–Crippen MR) is 85.7 cm³/mol. The molecule has 1 rings (SSSR count). The fourth-order valence-corrected chi connectivity index (χ4v) is 1.82. The molecule has 0 saturated carbocycles. The topological polar surface area (TPSA) is 84.9 Å². The Morgan fingerprint density at radius 1 is 1.22 bits per heavy atom. The molecule has 0 unspecified atom stereocenters.